The van der Waals surface area contributed by atoms with Crippen LogP contribution in [0.15, 0.2) is 18.2 Å². The Morgan fingerprint density at radius 1 is 1.24 bits per heavy atom. The smallest absolute Gasteiger partial charge is 0.137 e. The number of aryl methyl sites for hydroxylation is 1. The summed E-state index contributed by atoms with van der Waals surface area (Å²) in [5.74, 6) is 2.17. The predicted molar refractivity (Wildman–Crippen MR) is 84.8 cm³/mol. The van der Waals surface area contributed by atoms with Crippen molar-refractivity contribution in [2.24, 2.45) is 11.8 Å². The van der Waals surface area contributed by atoms with Crippen molar-refractivity contribution in [3.63, 3.8) is 0 Å². The fraction of sp³-hybridized carbons (Fsp3) is 0.632. The van der Waals surface area contributed by atoms with Crippen LogP contribution in [-0.2, 0) is 16.6 Å². The maximum absolute atomic E-state index is 12.6. The lowest BCUT2D eigenvalue weighted by atomic mass is 9.65. The van der Waals surface area contributed by atoms with Gasteiger partial charge in [-0.1, -0.05) is 39.0 Å². The fourth-order valence-corrected chi connectivity index (χ4v) is 4.05. The first-order valence-electron chi connectivity index (χ1n) is 8.28. The van der Waals surface area contributed by atoms with Crippen LogP contribution in [-0.4, -0.2) is 12.4 Å². The Labute approximate surface area is 127 Å². The first-order chi connectivity index (χ1) is 10.00. The van der Waals surface area contributed by atoms with E-state index in [1.807, 2.05) is 0 Å². The van der Waals surface area contributed by atoms with Crippen molar-refractivity contribution >= 4 is 5.78 Å². The van der Waals surface area contributed by atoms with Gasteiger partial charge in [-0.05, 0) is 37.2 Å². The maximum atomic E-state index is 12.6. The molecule has 1 aromatic carbocycles. The molecule has 1 fully saturated rings. The molecule has 0 radical (unpaired) electrons. The minimum atomic E-state index is -0.139. The summed E-state index contributed by atoms with van der Waals surface area (Å²) in [6.45, 7) is 7.43. The average Bonchev–Trinajstić information content (AvgIpc) is 2.46. The molecule has 114 valence electrons. The number of para-hydroxylation sites is 1. The average molecular weight is 286 g/mol. The van der Waals surface area contributed by atoms with Crippen LogP contribution >= 0.6 is 0 Å². The molecular formula is C19H26O2. The van der Waals surface area contributed by atoms with Crippen molar-refractivity contribution in [1.82, 2.24) is 0 Å². The Balaban J connectivity index is 1.96. The molecule has 0 bridgehead atoms. The van der Waals surface area contributed by atoms with Gasteiger partial charge in [-0.2, -0.15) is 0 Å². The molecule has 1 heterocycles. The first-order valence-corrected chi connectivity index (χ1v) is 8.28. The van der Waals surface area contributed by atoms with E-state index < -0.39 is 0 Å². The van der Waals surface area contributed by atoms with Gasteiger partial charge in [0.1, 0.15) is 11.5 Å². The normalized spacial score (nSPS) is 26.1. The minimum absolute atomic E-state index is 0.130. The lowest BCUT2D eigenvalue weighted by Gasteiger charge is -2.39. The SMILES string of the molecule is CC1CCC(C(C)(C)c2cccc3c2OCCC3)C(=O)C1. The summed E-state index contributed by atoms with van der Waals surface area (Å²) >= 11 is 0. The molecule has 1 aromatic rings. The van der Waals surface area contributed by atoms with E-state index in [2.05, 4.69) is 39.0 Å². The van der Waals surface area contributed by atoms with Gasteiger partial charge in [-0.3, -0.25) is 4.79 Å². The van der Waals surface area contributed by atoms with Gasteiger partial charge >= 0.3 is 0 Å². The third-order valence-corrected chi connectivity index (χ3v) is 5.39. The minimum Gasteiger partial charge on any atom is -0.493 e. The molecular weight excluding hydrogens is 260 g/mol. The molecule has 0 saturated heterocycles. The molecule has 21 heavy (non-hydrogen) atoms. The molecule has 3 rings (SSSR count). The predicted octanol–water partition coefficient (Wildman–Crippen LogP) is 4.29. The molecule has 1 aliphatic carbocycles. The van der Waals surface area contributed by atoms with Gasteiger partial charge in [0.15, 0.2) is 0 Å². The highest BCUT2D eigenvalue weighted by molar-refractivity contribution is 5.83. The van der Waals surface area contributed by atoms with Crippen molar-refractivity contribution in [3.8, 4) is 5.75 Å². The Morgan fingerprint density at radius 2 is 2.05 bits per heavy atom. The molecule has 0 amide bonds. The third kappa shape index (κ3) is 2.61. The van der Waals surface area contributed by atoms with Gasteiger partial charge in [0.05, 0.1) is 6.61 Å². The summed E-state index contributed by atoms with van der Waals surface area (Å²) in [5, 5.41) is 0. The van der Waals surface area contributed by atoms with E-state index in [9.17, 15) is 4.79 Å². The highest BCUT2D eigenvalue weighted by Gasteiger charge is 2.41. The van der Waals surface area contributed by atoms with Crippen LogP contribution in [0.25, 0.3) is 0 Å². The number of carbonyl (C=O) groups excluding carboxylic acids is 1. The van der Waals surface area contributed by atoms with Gasteiger partial charge < -0.3 is 4.74 Å². The highest BCUT2D eigenvalue weighted by Crippen LogP contribution is 2.45. The topological polar surface area (TPSA) is 26.3 Å². The standard InChI is InChI=1S/C19H26O2/c1-13-9-10-15(17(20)12-13)19(2,3)16-8-4-6-14-7-5-11-21-18(14)16/h4,6,8,13,15H,5,7,9-12H2,1-3H3. The first kappa shape index (κ1) is 14.6. The van der Waals surface area contributed by atoms with Gasteiger partial charge in [-0.25, -0.2) is 0 Å². The molecule has 0 spiro atoms. The number of Topliss-reactive ketones (excluding diaryl/α,β-unsaturated/α-hetero) is 1. The number of ether oxygens (including phenoxy) is 1. The second-order valence-electron chi connectivity index (χ2n) is 7.37. The third-order valence-electron chi connectivity index (χ3n) is 5.39. The Morgan fingerprint density at radius 3 is 2.81 bits per heavy atom. The summed E-state index contributed by atoms with van der Waals surface area (Å²) < 4.78 is 5.98. The number of fused-ring (bicyclic) bond motifs is 1. The molecule has 2 nitrogen and oxygen atoms in total. The summed E-state index contributed by atoms with van der Waals surface area (Å²) in [6, 6.07) is 6.45. The van der Waals surface area contributed by atoms with Crippen molar-refractivity contribution in [2.75, 3.05) is 6.61 Å². The lowest BCUT2D eigenvalue weighted by molar-refractivity contribution is -0.128. The fourth-order valence-electron chi connectivity index (χ4n) is 4.05. The number of hydrogen-bond donors (Lipinski definition) is 0. The van der Waals surface area contributed by atoms with Crippen LogP contribution in [0.3, 0.4) is 0 Å². The quantitative estimate of drug-likeness (QED) is 0.810. The molecule has 1 saturated carbocycles. The zero-order valence-electron chi connectivity index (χ0n) is 13.4. The zero-order chi connectivity index (χ0) is 15.0. The van der Waals surface area contributed by atoms with Crippen LogP contribution in [0.4, 0.5) is 0 Å². The van der Waals surface area contributed by atoms with Crippen LogP contribution in [0, 0.1) is 11.8 Å². The number of hydrogen-bond acceptors (Lipinski definition) is 2. The van der Waals surface area contributed by atoms with Crippen molar-refractivity contribution < 1.29 is 9.53 Å². The largest absolute Gasteiger partial charge is 0.493 e. The maximum Gasteiger partial charge on any atom is 0.137 e. The highest BCUT2D eigenvalue weighted by atomic mass is 16.5. The summed E-state index contributed by atoms with van der Waals surface area (Å²) in [5.41, 5.74) is 2.40. The van der Waals surface area contributed by atoms with Gasteiger partial charge in [0.25, 0.3) is 0 Å². The van der Waals surface area contributed by atoms with Crippen LogP contribution in [0.1, 0.15) is 57.6 Å². The molecule has 2 unspecified atom stereocenters. The summed E-state index contributed by atoms with van der Waals surface area (Å²) in [4.78, 5) is 12.6. The molecule has 2 atom stereocenters. The number of carbonyl (C=O) groups is 1. The second kappa shape index (κ2) is 5.47. The molecule has 2 heteroatoms. The van der Waals surface area contributed by atoms with E-state index in [1.54, 1.807) is 0 Å². The summed E-state index contributed by atoms with van der Waals surface area (Å²) in [7, 11) is 0. The van der Waals surface area contributed by atoms with E-state index in [-0.39, 0.29) is 11.3 Å². The number of rotatable bonds is 2. The molecule has 2 aliphatic rings. The van der Waals surface area contributed by atoms with Crippen molar-refractivity contribution in [3.05, 3.63) is 29.3 Å². The Hall–Kier alpha value is -1.31. The van der Waals surface area contributed by atoms with Gasteiger partial charge in [-0.15, -0.1) is 0 Å². The van der Waals surface area contributed by atoms with E-state index in [1.165, 1.54) is 11.1 Å². The lowest BCUT2D eigenvalue weighted by Crippen LogP contribution is -2.39. The Bertz CT molecular complexity index is 544. The van der Waals surface area contributed by atoms with E-state index in [4.69, 9.17) is 4.74 Å². The Kier molecular flexibility index (Phi) is 3.81. The van der Waals surface area contributed by atoms with Crippen LogP contribution in [0.2, 0.25) is 0 Å². The van der Waals surface area contributed by atoms with Crippen molar-refractivity contribution in [2.45, 2.75) is 58.3 Å². The zero-order valence-corrected chi connectivity index (χ0v) is 13.4. The summed E-state index contributed by atoms with van der Waals surface area (Å²) in [6.07, 6.45) is 5.10. The van der Waals surface area contributed by atoms with Crippen molar-refractivity contribution in [1.29, 1.82) is 0 Å². The number of benzene rings is 1. The van der Waals surface area contributed by atoms with Gasteiger partial charge in [0, 0.05) is 23.3 Å². The van der Waals surface area contributed by atoms with E-state index in [0.717, 1.165) is 44.5 Å². The van der Waals surface area contributed by atoms with Gasteiger partial charge in [0.2, 0.25) is 0 Å². The van der Waals surface area contributed by atoms with E-state index in [0.29, 0.717) is 11.7 Å². The second-order valence-corrected chi connectivity index (χ2v) is 7.37. The monoisotopic (exact) mass is 286 g/mol. The molecule has 0 aromatic heterocycles. The number of ketones is 1. The van der Waals surface area contributed by atoms with Crippen LogP contribution < -0.4 is 4.74 Å². The molecule has 0 N–H and O–H groups in total. The van der Waals surface area contributed by atoms with E-state index >= 15 is 0 Å². The molecule has 1 aliphatic heterocycles. The van der Waals surface area contributed by atoms with Crippen LogP contribution in [0.5, 0.6) is 5.75 Å².